The number of benzene rings is 2. The van der Waals surface area contributed by atoms with Crippen LogP contribution in [0.3, 0.4) is 0 Å². The van der Waals surface area contributed by atoms with Crippen LogP contribution in [0.1, 0.15) is 5.56 Å². The highest BCUT2D eigenvalue weighted by atomic mass is 79.9. The highest BCUT2D eigenvalue weighted by Gasteiger charge is 1.98. The largest absolute Gasteiger partial charge is 0.492 e. The third-order valence-corrected chi connectivity index (χ3v) is 3.08. The Morgan fingerprint density at radius 1 is 1.16 bits per heavy atom. The fourth-order valence-electron chi connectivity index (χ4n) is 1.73. The summed E-state index contributed by atoms with van der Waals surface area (Å²) < 4.78 is 19.8. The van der Waals surface area contributed by atoms with Crippen molar-refractivity contribution in [2.24, 2.45) is 0 Å². The molecule has 0 unspecified atom stereocenters. The summed E-state index contributed by atoms with van der Waals surface area (Å²) in [5.74, 6) is 0.594. The molecule has 2 nitrogen and oxygen atoms in total. The predicted octanol–water partition coefficient (Wildman–Crippen LogP) is 4.39. The summed E-state index contributed by atoms with van der Waals surface area (Å²) in [6, 6.07) is 12.5. The molecule has 0 amide bonds. The maximum Gasteiger partial charge on any atom is 0.125 e. The Hall–Kier alpha value is -1.55. The average Bonchev–Trinajstić information content (AvgIpc) is 2.36. The fourth-order valence-corrected chi connectivity index (χ4v) is 2.00. The molecule has 100 valence electrons. The van der Waals surface area contributed by atoms with Gasteiger partial charge in [-0.1, -0.05) is 15.9 Å². The lowest BCUT2D eigenvalue weighted by atomic mass is 10.2. The van der Waals surface area contributed by atoms with E-state index >= 15 is 0 Å². The lowest BCUT2D eigenvalue weighted by Gasteiger charge is -2.09. The summed E-state index contributed by atoms with van der Waals surface area (Å²) in [6.45, 7) is 3.02. The van der Waals surface area contributed by atoms with Crippen LogP contribution in [0.4, 0.5) is 10.1 Å². The van der Waals surface area contributed by atoms with Crippen molar-refractivity contribution in [2.75, 3.05) is 18.5 Å². The Labute approximate surface area is 120 Å². The van der Waals surface area contributed by atoms with E-state index in [4.69, 9.17) is 4.74 Å². The summed E-state index contributed by atoms with van der Waals surface area (Å²) in [5, 5.41) is 3.13. The fraction of sp³-hybridized carbons (Fsp3) is 0.200. The first-order chi connectivity index (χ1) is 9.13. The molecule has 0 aromatic heterocycles. The maximum atomic E-state index is 13.2. The Kier molecular flexibility index (Phi) is 4.80. The molecule has 0 radical (unpaired) electrons. The highest BCUT2D eigenvalue weighted by Crippen LogP contribution is 2.16. The first-order valence-corrected chi connectivity index (χ1v) is 6.82. The van der Waals surface area contributed by atoms with Crippen LogP contribution in [-0.4, -0.2) is 13.2 Å². The van der Waals surface area contributed by atoms with Crippen molar-refractivity contribution in [2.45, 2.75) is 6.92 Å². The van der Waals surface area contributed by atoms with Gasteiger partial charge >= 0.3 is 0 Å². The van der Waals surface area contributed by atoms with Crippen molar-refractivity contribution in [1.29, 1.82) is 0 Å². The number of rotatable bonds is 5. The zero-order chi connectivity index (χ0) is 13.7. The van der Waals surface area contributed by atoms with Crippen LogP contribution < -0.4 is 10.1 Å². The molecule has 0 atom stereocenters. The van der Waals surface area contributed by atoms with E-state index in [-0.39, 0.29) is 5.82 Å². The van der Waals surface area contributed by atoms with Crippen molar-refractivity contribution in [3.05, 3.63) is 58.3 Å². The normalized spacial score (nSPS) is 10.3. The number of halogens is 2. The second-order valence-corrected chi connectivity index (χ2v) is 5.16. The molecule has 0 saturated carbocycles. The molecule has 0 aliphatic rings. The van der Waals surface area contributed by atoms with Gasteiger partial charge in [-0.05, 0) is 55.0 Å². The van der Waals surface area contributed by atoms with E-state index in [0.29, 0.717) is 13.2 Å². The van der Waals surface area contributed by atoms with Crippen molar-refractivity contribution in [3.8, 4) is 5.75 Å². The molecular formula is C15H15BrFNO. The molecule has 1 N–H and O–H groups in total. The van der Waals surface area contributed by atoms with Crippen molar-refractivity contribution < 1.29 is 9.13 Å². The number of nitrogens with one attached hydrogen (secondary N) is 1. The third-order valence-electron chi connectivity index (χ3n) is 2.56. The molecule has 0 bridgehead atoms. The monoisotopic (exact) mass is 323 g/mol. The van der Waals surface area contributed by atoms with E-state index in [1.165, 1.54) is 12.1 Å². The second kappa shape index (κ2) is 6.57. The van der Waals surface area contributed by atoms with Gasteiger partial charge in [0.05, 0.1) is 0 Å². The van der Waals surface area contributed by atoms with E-state index < -0.39 is 0 Å². The van der Waals surface area contributed by atoms with Crippen molar-refractivity contribution >= 4 is 21.6 Å². The summed E-state index contributed by atoms with van der Waals surface area (Å²) in [4.78, 5) is 0. The van der Waals surface area contributed by atoms with Gasteiger partial charge in [0.1, 0.15) is 18.2 Å². The molecule has 0 aliphatic carbocycles. The van der Waals surface area contributed by atoms with Gasteiger partial charge in [0.15, 0.2) is 0 Å². The van der Waals surface area contributed by atoms with Gasteiger partial charge < -0.3 is 10.1 Å². The van der Waals surface area contributed by atoms with Gasteiger partial charge in [-0.2, -0.15) is 0 Å². The number of hydrogen-bond acceptors (Lipinski definition) is 2. The van der Waals surface area contributed by atoms with Crippen LogP contribution in [-0.2, 0) is 0 Å². The van der Waals surface area contributed by atoms with E-state index in [2.05, 4.69) is 21.2 Å². The number of anilines is 1. The van der Waals surface area contributed by atoms with Gasteiger partial charge in [0.2, 0.25) is 0 Å². The minimum Gasteiger partial charge on any atom is -0.492 e. The first-order valence-electron chi connectivity index (χ1n) is 6.03. The van der Waals surface area contributed by atoms with Crippen LogP contribution in [0.25, 0.3) is 0 Å². The van der Waals surface area contributed by atoms with Crippen molar-refractivity contribution in [3.63, 3.8) is 0 Å². The number of aryl methyl sites for hydroxylation is 1. The molecule has 0 aliphatic heterocycles. The van der Waals surface area contributed by atoms with E-state index in [1.807, 2.05) is 37.3 Å². The molecule has 2 aromatic carbocycles. The molecular weight excluding hydrogens is 309 g/mol. The topological polar surface area (TPSA) is 21.3 Å². The summed E-state index contributed by atoms with van der Waals surface area (Å²) in [7, 11) is 0. The Morgan fingerprint density at radius 3 is 2.58 bits per heavy atom. The van der Waals surface area contributed by atoms with E-state index in [1.54, 1.807) is 0 Å². The Morgan fingerprint density at radius 2 is 1.89 bits per heavy atom. The Bertz CT molecular complexity index is 522. The van der Waals surface area contributed by atoms with Crippen molar-refractivity contribution in [1.82, 2.24) is 0 Å². The first kappa shape index (κ1) is 13.9. The van der Waals surface area contributed by atoms with Gasteiger partial charge in [-0.3, -0.25) is 0 Å². The molecule has 19 heavy (non-hydrogen) atoms. The van der Waals surface area contributed by atoms with Gasteiger partial charge in [0.25, 0.3) is 0 Å². The maximum absolute atomic E-state index is 13.2. The molecule has 2 rings (SSSR count). The Balaban J connectivity index is 1.79. The van der Waals surface area contributed by atoms with Crippen LogP contribution in [0.2, 0.25) is 0 Å². The summed E-state index contributed by atoms with van der Waals surface area (Å²) in [5.41, 5.74) is 1.67. The standard InChI is InChI=1S/C15H15BrFNO/c1-11-8-13(17)10-14(9-11)18-6-7-19-15-4-2-12(16)3-5-15/h2-5,8-10,18H,6-7H2,1H3. The lowest BCUT2D eigenvalue weighted by molar-refractivity contribution is 0.333. The molecule has 0 heterocycles. The zero-order valence-corrected chi connectivity index (χ0v) is 12.2. The van der Waals surface area contributed by atoms with Gasteiger partial charge in [-0.25, -0.2) is 4.39 Å². The molecule has 0 saturated heterocycles. The van der Waals surface area contributed by atoms with Crippen LogP contribution in [0.15, 0.2) is 46.9 Å². The number of ether oxygens (including phenoxy) is 1. The predicted molar refractivity (Wildman–Crippen MR) is 79.3 cm³/mol. The SMILES string of the molecule is Cc1cc(F)cc(NCCOc2ccc(Br)cc2)c1. The van der Waals surface area contributed by atoms with Crippen LogP contribution in [0.5, 0.6) is 5.75 Å². The smallest absolute Gasteiger partial charge is 0.125 e. The lowest BCUT2D eigenvalue weighted by Crippen LogP contribution is -2.11. The second-order valence-electron chi connectivity index (χ2n) is 4.25. The van der Waals surface area contributed by atoms with Crippen LogP contribution >= 0.6 is 15.9 Å². The minimum absolute atomic E-state index is 0.226. The highest BCUT2D eigenvalue weighted by molar-refractivity contribution is 9.10. The number of hydrogen-bond donors (Lipinski definition) is 1. The average molecular weight is 324 g/mol. The zero-order valence-electron chi connectivity index (χ0n) is 10.6. The van der Waals surface area contributed by atoms with Gasteiger partial charge in [-0.15, -0.1) is 0 Å². The molecule has 0 fully saturated rings. The molecule has 2 aromatic rings. The van der Waals surface area contributed by atoms with Crippen LogP contribution in [0, 0.1) is 12.7 Å². The van der Waals surface area contributed by atoms with E-state index in [0.717, 1.165) is 21.5 Å². The quantitative estimate of drug-likeness (QED) is 0.824. The van der Waals surface area contributed by atoms with E-state index in [9.17, 15) is 4.39 Å². The van der Waals surface area contributed by atoms with Gasteiger partial charge in [0, 0.05) is 16.7 Å². The summed E-state index contributed by atoms with van der Waals surface area (Å²) >= 11 is 3.37. The molecule has 4 heteroatoms. The molecule has 0 spiro atoms. The third kappa shape index (κ3) is 4.56. The minimum atomic E-state index is -0.226. The summed E-state index contributed by atoms with van der Waals surface area (Å²) in [6.07, 6.45) is 0.